The van der Waals surface area contributed by atoms with Crippen LogP contribution in [-0.2, 0) is 27.5 Å². The van der Waals surface area contributed by atoms with E-state index in [-0.39, 0.29) is 5.54 Å². The SMILES string of the molecule is CN1c2nn(-c3ccccc3)c(=O)c(=O)n2CC12CCN(Cc1cccnc1)CC2.O=C(O)C(F)(F)F.O=C(O)C(F)(F)F.O=C(O)C(F)(F)F. The highest BCUT2D eigenvalue weighted by Gasteiger charge is 2.46. The van der Waals surface area contributed by atoms with Gasteiger partial charge in [-0.25, -0.2) is 14.4 Å². The number of carbonyl (C=O) groups is 3. The molecule has 5 rings (SSSR count). The number of hydrogen-bond acceptors (Lipinski definition) is 9. The molecule has 3 aromatic rings. The van der Waals surface area contributed by atoms with E-state index in [0.717, 1.165) is 32.5 Å². The highest BCUT2D eigenvalue weighted by atomic mass is 19.4. The molecule has 280 valence electrons. The third-order valence-corrected chi connectivity index (χ3v) is 7.16. The number of anilines is 1. The average molecular weight is 747 g/mol. The van der Waals surface area contributed by atoms with Gasteiger partial charge in [-0.05, 0) is 36.6 Å². The van der Waals surface area contributed by atoms with Gasteiger partial charge in [-0.15, -0.1) is 5.10 Å². The van der Waals surface area contributed by atoms with Crippen LogP contribution in [-0.4, -0.2) is 102 Å². The van der Waals surface area contributed by atoms with E-state index in [9.17, 15) is 49.1 Å². The Morgan fingerprint density at radius 3 is 1.65 bits per heavy atom. The van der Waals surface area contributed by atoms with Crippen molar-refractivity contribution in [1.29, 1.82) is 0 Å². The number of piperidine rings is 1. The molecule has 14 nitrogen and oxygen atoms in total. The summed E-state index contributed by atoms with van der Waals surface area (Å²) in [6.07, 6.45) is -9.74. The molecule has 2 aromatic heterocycles. The zero-order chi connectivity index (χ0) is 38.9. The summed E-state index contributed by atoms with van der Waals surface area (Å²) in [4.78, 5) is 61.0. The molecule has 1 saturated heterocycles. The minimum atomic E-state index is -5.08. The first-order valence-electron chi connectivity index (χ1n) is 14.0. The number of likely N-dealkylation sites (tertiary alicyclic amines) is 1. The minimum Gasteiger partial charge on any atom is -0.475 e. The number of nitrogens with zero attached hydrogens (tertiary/aromatic N) is 6. The van der Waals surface area contributed by atoms with Crippen molar-refractivity contribution in [2.24, 2.45) is 0 Å². The molecular weight excluding hydrogens is 719 g/mol. The summed E-state index contributed by atoms with van der Waals surface area (Å²) in [5.41, 5.74) is 0.500. The summed E-state index contributed by atoms with van der Waals surface area (Å²) in [5.74, 6) is -7.71. The maximum Gasteiger partial charge on any atom is 0.490 e. The molecule has 0 radical (unpaired) electrons. The van der Waals surface area contributed by atoms with Crippen LogP contribution in [0.5, 0.6) is 0 Å². The quantitative estimate of drug-likeness (QED) is 0.263. The largest absolute Gasteiger partial charge is 0.490 e. The molecule has 0 aliphatic carbocycles. The van der Waals surface area contributed by atoms with E-state index in [1.165, 1.54) is 10.2 Å². The number of fused-ring (bicyclic) bond motifs is 1. The van der Waals surface area contributed by atoms with Gasteiger partial charge in [0.15, 0.2) is 0 Å². The number of likely N-dealkylation sites (N-methyl/N-ethyl adjacent to an activating group) is 1. The number of carboxylic acid groups (broad SMARTS) is 3. The van der Waals surface area contributed by atoms with E-state index in [0.29, 0.717) is 18.2 Å². The molecule has 0 saturated carbocycles. The van der Waals surface area contributed by atoms with Crippen molar-refractivity contribution in [3.63, 3.8) is 0 Å². The lowest BCUT2D eigenvalue weighted by molar-refractivity contribution is -0.193. The monoisotopic (exact) mass is 746 g/mol. The topological polar surface area (TPSA) is 188 Å². The molecule has 2 aliphatic rings. The number of halogens is 9. The van der Waals surface area contributed by atoms with E-state index in [1.807, 2.05) is 37.5 Å². The Hall–Kier alpha value is -5.48. The molecule has 0 unspecified atom stereocenters. The van der Waals surface area contributed by atoms with Crippen LogP contribution in [0.15, 0.2) is 64.4 Å². The highest BCUT2D eigenvalue weighted by molar-refractivity contribution is 5.73. The molecule has 4 heterocycles. The summed E-state index contributed by atoms with van der Waals surface area (Å²) in [7, 11) is 1.99. The van der Waals surface area contributed by atoms with Crippen LogP contribution in [0, 0.1) is 0 Å². The molecule has 3 N–H and O–H groups in total. The fraction of sp³-hybridized carbons (Fsp3) is 0.393. The first-order chi connectivity index (χ1) is 23.4. The molecule has 2 aliphatic heterocycles. The van der Waals surface area contributed by atoms with Crippen molar-refractivity contribution in [1.82, 2.24) is 24.2 Å². The number of carboxylic acids is 3. The maximum atomic E-state index is 12.9. The van der Waals surface area contributed by atoms with Crippen molar-refractivity contribution in [2.75, 3.05) is 25.0 Å². The highest BCUT2D eigenvalue weighted by Crippen LogP contribution is 2.37. The zero-order valence-corrected chi connectivity index (χ0v) is 25.9. The second-order valence-electron chi connectivity index (χ2n) is 10.6. The Balaban J connectivity index is 0.000000352. The molecule has 1 fully saturated rings. The predicted molar refractivity (Wildman–Crippen MR) is 155 cm³/mol. The summed E-state index contributed by atoms with van der Waals surface area (Å²) >= 11 is 0. The van der Waals surface area contributed by atoms with Gasteiger partial charge >= 0.3 is 47.6 Å². The molecule has 0 amide bonds. The van der Waals surface area contributed by atoms with Crippen molar-refractivity contribution in [3.8, 4) is 5.69 Å². The molecular formula is C28H27F9N6O8. The molecule has 0 atom stereocenters. The summed E-state index contributed by atoms with van der Waals surface area (Å²) < 4.78 is 98.0. The normalized spacial score (nSPS) is 15.2. The number of para-hydroxylation sites is 1. The van der Waals surface area contributed by atoms with Gasteiger partial charge < -0.3 is 20.2 Å². The van der Waals surface area contributed by atoms with E-state index in [4.69, 9.17) is 29.7 Å². The smallest absolute Gasteiger partial charge is 0.475 e. The van der Waals surface area contributed by atoms with Crippen LogP contribution >= 0.6 is 0 Å². The number of aromatic nitrogens is 4. The van der Waals surface area contributed by atoms with Gasteiger partial charge in [-0.1, -0.05) is 24.3 Å². The standard InChI is InChI=1S/C22H24N6O2.3C2HF3O2/c1-25-21-24-28(18-7-3-2-4-8-18)20(30)19(29)27(21)16-22(25)9-12-26(13-10-22)15-17-6-5-11-23-14-17;3*3-2(4,5)1(6)7/h2-8,11,14H,9-10,12-13,15-16H2,1H3;3*(H,6,7). The second-order valence-corrected chi connectivity index (χ2v) is 10.6. The number of aliphatic carboxylic acids is 3. The number of hydrogen-bond donors (Lipinski definition) is 3. The summed E-state index contributed by atoms with van der Waals surface area (Å²) in [6.45, 7) is 3.23. The Bertz CT molecular complexity index is 1710. The summed E-state index contributed by atoms with van der Waals surface area (Å²) in [5, 5.41) is 25.9. The van der Waals surface area contributed by atoms with Gasteiger partial charge in [0.1, 0.15) is 0 Å². The van der Waals surface area contributed by atoms with Crippen LogP contribution in [0.3, 0.4) is 0 Å². The average Bonchev–Trinajstić information content (AvgIpc) is 3.31. The summed E-state index contributed by atoms with van der Waals surface area (Å²) in [6, 6.07) is 13.2. The lowest BCUT2D eigenvalue weighted by Crippen LogP contribution is -2.53. The van der Waals surface area contributed by atoms with E-state index in [1.54, 1.807) is 22.9 Å². The lowest BCUT2D eigenvalue weighted by Gasteiger charge is -2.43. The second kappa shape index (κ2) is 16.5. The predicted octanol–water partition coefficient (Wildman–Crippen LogP) is 3.17. The number of benzene rings is 1. The minimum absolute atomic E-state index is 0.188. The lowest BCUT2D eigenvalue weighted by atomic mass is 9.87. The number of rotatable bonds is 3. The third kappa shape index (κ3) is 11.5. The van der Waals surface area contributed by atoms with Crippen molar-refractivity contribution in [3.05, 3.63) is 81.1 Å². The van der Waals surface area contributed by atoms with Crippen molar-refractivity contribution < 1.29 is 69.2 Å². The fourth-order valence-corrected chi connectivity index (χ4v) is 4.60. The van der Waals surface area contributed by atoms with Crippen LogP contribution in [0.4, 0.5) is 45.5 Å². The van der Waals surface area contributed by atoms with Crippen LogP contribution in [0.25, 0.3) is 5.69 Å². The van der Waals surface area contributed by atoms with Crippen LogP contribution in [0.1, 0.15) is 18.4 Å². The van der Waals surface area contributed by atoms with Crippen LogP contribution in [0.2, 0.25) is 0 Å². The molecule has 1 aromatic carbocycles. The van der Waals surface area contributed by atoms with E-state index in [2.05, 4.69) is 25.9 Å². The van der Waals surface area contributed by atoms with Gasteiger partial charge in [0.05, 0.1) is 17.8 Å². The van der Waals surface area contributed by atoms with Gasteiger partial charge in [-0.3, -0.25) is 24.0 Å². The molecule has 23 heteroatoms. The van der Waals surface area contributed by atoms with Gasteiger partial charge in [-0.2, -0.15) is 44.2 Å². The van der Waals surface area contributed by atoms with Gasteiger partial charge in [0.25, 0.3) is 0 Å². The molecule has 51 heavy (non-hydrogen) atoms. The molecule has 1 spiro atoms. The number of alkyl halides is 9. The number of pyridine rings is 1. The Labute approximate surface area is 279 Å². The Morgan fingerprint density at radius 1 is 0.765 bits per heavy atom. The Kier molecular flexibility index (Phi) is 13.5. The van der Waals surface area contributed by atoms with Crippen LogP contribution < -0.4 is 16.0 Å². The first kappa shape index (κ1) is 41.7. The first-order valence-corrected chi connectivity index (χ1v) is 14.0. The third-order valence-electron chi connectivity index (χ3n) is 7.16. The van der Waals surface area contributed by atoms with Gasteiger partial charge in [0.2, 0.25) is 5.95 Å². The van der Waals surface area contributed by atoms with E-state index < -0.39 is 47.6 Å². The van der Waals surface area contributed by atoms with Crippen molar-refractivity contribution >= 4 is 23.9 Å². The fourth-order valence-electron chi connectivity index (χ4n) is 4.60. The molecule has 0 bridgehead atoms. The van der Waals surface area contributed by atoms with Crippen molar-refractivity contribution in [2.45, 2.75) is 50.0 Å². The Morgan fingerprint density at radius 2 is 1.24 bits per heavy atom. The maximum absolute atomic E-state index is 12.9. The van der Waals surface area contributed by atoms with E-state index >= 15 is 0 Å². The van der Waals surface area contributed by atoms with Gasteiger partial charge in [0, 0.05) is 39.1 Å². The zero-order valence-electron chi connectivity index (χ0n) is 25.9.